The third kappa shape index (κ3) is 2.70. The Morgan fingerprint density at radius 2 is 0.667 bits per heavy atom. The summed E-state index contributed by atoms with van der Waals surface area (Å²) in [5.41, 5.74) is 0. The van der Waals surface area contributed by atoms with Crippen LogP contribution in [0.25, 0.3) is 0 Å². The minimum Gasteiger partial charge on any atom is -0.0767 e. The van der Waals surface area contributed by atoms with E-state index in [1.165, 1.54) is 0 Å². The van der Waals surface area contributed by atoms with E-state index in [4.69, 9.17) is 0 Å². The predicted octanol–water partition coefficient (Wildman–Crippen LogP) is 2.43. The SMILES string of the molecule is [CH]1\C=C/C=C\C=C/C=C\1. The highest BCUT2D eigenvalue weighted by Gasteiger charge is 1.70. The van der Waals surface area contributed by atoms with Crippen LogP contribution < -0.4 is 0 Å². The van der Waals surface area contributed by atoms with Crippen molar-refractivity contribution in [3.05, 3.63) is 55.0 Å². The van der Waals surface area contributed by atoms with Gasteiger partial charge in [-0.3, -0.25) is 0 Å². The maximum atomic E-state index is 2.00. The molecule has 0 aliphatic heterocycles. The van der Waals surface area contributed by atoms with E-state index in [-0.39, 0.29) is 0 Å². The molecule has 0 aromatic carbocycles. The molecule has 0 saturated carbocycles. The third-order valence-corrected chi connectivity index (χ3v) is 1.00. The van der Waals surface area contributed by atoms with Gasteiger partial charge in [-0.1, -0.05) is 48.6 Å². The maximum absolute atomic E-state index is 2.00. The van der Waals surface area contributed by atoms with E-state index in [1.807, 2.05) is 55.0 Å². The lowest BCUT2D eigenvalue weighted by atomic mass is 10.3. The Morgan fingerprint density at radius 1 is 0.333 bits per heavy atom. The molecule has 0 atom stereocenters. The average Bonchev–Trinajstić information content (AvgIpc) is 2.00. The molecule has 1 aliphatic carbocycles. The van der Waals surface area contributed by atoms with Gasteiger partial charge in [-0.05, 0) is 0 Å². The summed E-state index contributed by atoms with van der Waals surface area (Å²) in [7, 11) is 0. The molecule has 0 heteroatoms. The van der Waals surface area contributed by atoms with Gasteiger partial charge in [0.15, 0.2) is 0 Å². The zero-order valence-electron chi connectivity index (χ0n) is 5.20. The van der Waals surface area contributed by atoms with Crippen LogP contribution in [-0.2, 0) is 0 Å². The molecule has 0 saturated heterocycles. The smallest absolute Gasteiger partial charge is 0.00506 e. The normalized spacial score (nSPS) is 31.1. The first-order chi connectivity index (χ1) is 4.50. The molecule has 0 aromatic rings. The van der Waals surface area contributed by atoms with Crippen LogP contribution in [0.4, 0.5) is 0 Å². The average molecular weight is 117 g/mol. The summed E-state index contributed by atoms with van der Waals surface area (Å²) in [6.45, 7) is 0. The van der Waals surface area contributed by atoms with Gasteiger partial charge in [0.25, 0.3) is 0 Å². The van der Waals surface area contributed by atoms with E-state index in [0.717, 1.165) is 0 Å². The first-order valence-corrected chi connectivity index (χ1v) is 3.00. The summed E-state index contributed by atoms with van der Waals surface area (Å²) in [6.07, 6.45) is 18.0. The summed E-state index contributed by atoms with van der Waals surface area (Å²) in [5.74, 6) is 0. The molecule has 1 radical (unpaired) electrons. The molecular formula is C9H9. The van der Waals surface area contributed by atoms with Gasteiger partial charge in [-0.25, -0.2) is 0 Å². The van der Waals surface area contributed by atoms with E-state index >= 15 is 0 Å². The standard InChI is InChI=1S/C9H9/c1-2-4-6-8-9-7-5-3-1/h1-9H/b2-1-,5-3-,6-4-,9-7-. The number of rotatable bonds is 0. The Labute approximate surface area is 55.9 Å². The lowest BCUT2D eigenvalue weighted by molar-refractivity contribution is 1.74. The predicted molar refractivity (Wildman–Crippen MR) is 40.9 cm³/mol. The van der Waals surface area contributed by atoms with Gasteiger partial charge >= 0.3 is 0 Å². The fourth-order valence-corrected chi connectivity index (χ4v) is 0.577. The van der Waals surface area contributed by atoms with Crippen molar-refractivity contribution >= 4 is 0 Å². The van der Waals surface area contributed by atoms with Crippen molar-refractivity contribution in [1.29, 1.82) is 0 Å². The van der Waals surface area contributed by atoms with Crippen molar-refractivity contribution < 1.29 is 0 Å². The van der Waals surface area contributed by atoms with Crippen molar-refractivity contribution in [3.8, 4) is 0 Å². The van der Waals surface area contributed by atoms with Gasteiger partial charge in [-0.2, -0.15) is 0 Å². The minimum absolute atomic E-state index is 2.00. The Morgan fingerprint density at radius 3 is 1.11 bits per heavy atom. The van der Waals surface area contributed by atoms with E-state index < -0.39 is 0 Å². The second-order valence-electron chi connectivity index (χ2n) is 1.73. The molecule has 0 spiro atoms. The topological polar surface area (TPSA) is 0 Å². The van der Waals surface area contributed by atoms with Crippen LogP contribution in [0, 0.1) is 6.42 Å². The largest absolute Gasteiger partial charge is 0.0767 e. The Balaban J connectivity index is 2.60. The summed E-state index contributed by atoms with van der Waals surface area (Å²) in [4.78, 5) is 0. The van der Waals surface area contributed by atoms with Gasteiger partial charge in [0.05, 0.1) is 0 Å². The van der Waals surface area contributed by atoms with Crippen molar-refractivity contribution in [2.75, 3.05) is 0 Å². The molecular weight excluding hydrogens is 108 g/mol. The Bertz CT molecular complexity index is 148. The molecule has 9 heavy (non-hydrogen) atoms. The van der Waals surface area contributed by atoms with E-state index in [2.05, 4.69) is 0 Å². The number of hydrogen-bond acceptors (Lipinski definition) is 0. The molecule has 0 aromatic heterocycles. The number of hydrogen-bond donors (Lipinski definition) is 0. The van der Waals surface area contributed by atoms with E-state index in [0.29, 0.717) is 0 Å². The van der Waals surface area contributed by atoms with Crippen LogP contribution in [0.5, 0.6) is 0 Å². The molecule has 0 unspecified atom stereocenters. The fraction of sp³-hybridized carbons (Fsp3) is 0. The first-order valence-electron chi connectivity index (χ1n) is 3.00. The Kier molecular flexibility index (Phi) is 2.64. The van der Waals surface area contributed by atoms with Crippen LogP contribution in [0.2, 0.25) is 0 Å². The van der Waals surface area contributed by atoms with Crippen molar-refractivity contribution in [3.63, 3.8) is 0 Å². The molecule has 45 valence electrons. The van der Waals surface area contributed by atoms with Crippen LogP contribution >= 0.6 is 0 Å². The summed E-state index contributed by atoms with van der Waals surface area (Å²) < 4.78 is 0. The molecule has 0 amide bonds. The summed E-state index contributed by atoms with van der Waals surface area (Å²) in [6, 6.07) is 0. The zero-order chi connectivity index (χ0) is 6.36. The Hall–Kier alpha value is -1.04. The molecule has 0 bridgehead atoms. The molecule has 1 aliphatic rings. The highest BCUT2D eigenvalue weighted by molar-refractivity contribution is 5.23. The molecule has 0 N–H and O–H groups in total. The second kappa shape index (κ2) is 3.90. The van der Waals surface area contributed by atoms with E-state index in [9.17, 15) is 0 Å². The molecule has 0 fully saturated rings. The maximum Gasteiger partial charge on any atom is 0.00506 e. The van der Waals surface area contributed by atoms with Gasteiger partial charge < -0.3 is 0 Å². The molecule has 0 heterocycles. The van der Waals surface area contributed by atoms with Crippen molar-refractivity contribution in [2.24, 2.45) is 0 Å². The highest BCUT2D eigenvalue weighted by Crippen LogP contribution is 1.90. The van der Waals surface area contributed by atoms with Gasteiger partial charge in [0.2, 0.25) is 0 Å². The van der Waals surface area contributed by atoms with Gasteiger partial charge in [-0.15, -0.1) is 0 Å². The third-order valence-electron chi connectivity index (χ3n) is 1.00. The summed E-state index contributed by atoms with van der Waals surface area (Å²) in [5, 5.41) is 0. The number of allylic oxidation sites excluding steroid dienone is 8. The quantitative estimate of drug-likeness (QED) is 0.457. The van der Waals surface area contributed by atoms with Crippen LogP contribution in [0.3, 0.4) is 0 Å². The van der Waals surface area contributed by atoms with Crippen LogP contribution in [-0.4, -0.2) is 0 Å². The molecule has 1 rings (SSSR count). The lowest BCUT2D eigenvalue weighted by Crippen LogP contribution is -1.55. The van der Waals surface area contributed by atoms with Crippen molar-refractivity contribution in [2.45, 2.75) is 0 Å². The molecule has 0 nitrogen and oxygen atoms in total. The zero-order valence-corrected chi connectivity index (χ0v) is 5.20. The minimum atomic E-state index is 2.00. The van der Waals surface area contributed by atoms with Gasteiger partial charge in [0, 0.05) is 6.42 Å². The fourth-order valence-electron chi connectivity index (χ4n) is 0.577. The highest BCUT2D eigenvalue weighted by atomic mass is 13.8. The first kappa shape index (κ1) is 6.09. The van der Waals surface area contributed by atoms with E-state index in [1.54, 1.807) is 0 Å². The summed E-state index contributed by atoms with van der Waals surface area (Å²) >= 11 is 0. The lowest BCUT2D eigenvalue weighted by Gasteiger charge is -1.73. The van der Waals surface area contributed by atoms with Crippen molar-refractivity contribution in [1.82, 2.24) is 0 Å². The van der Waals surface area contributed by atoms with Gasteiger partial charge in [0.1, 0.15) is 0 Å². The monoisotopic (exact) mass is 117 g/mol. The van der Waals surface area contributed by atoms with Crippen LogP contribution in [0.1, 0.15) is 0 Å². The second-order valence-corrected chi connectivity index (χ2v) is 1.73. The van der Waals surface area contributed by atoms with Crippen LogP contribution in [0.15, 0.2) is 48.6 Å².